The number of carbonyl (C=O) groups is 1. The quantitative estimate of drug-likeness (QED) is 0.381. The Morgan fingerprint density at radius 1 is 1.48 bits per heavy atom. The number of hydrogen-bond donors (Lipinski definition) is 1. The van der Waals surface area contributed by atoms with Gasteiger partial charge in [0.1, 0.15) is 11.6 Å². The van der Waals surface area contributed by atoms with Crippen LogP contribution in [0.15, 0.2) is 30.0 Å². The van der Waals surface area contributed by atoms with E-state index in [0.717, 1.165) is 0 Å². The highest BCUT2D eigenvalue weighted by Crippen LogP contribution is 2.27. The Balaban J connectivity index is 2.18. The summed E-state index contributed by atoms with van der Waals surface area (Å²) in [5.74, 6) is -0.432. The topological polar surface area (TPSA) is 109 Å². The summed E-state index contributed by atoms with van der Waals surface area (Å²) in [4.78, 5) is 24.3. The number of morpholine rings is 1. The van der Waals surface area contributed by atoms with Gasteiger partial charge in [0.15, 0.2) is 0 Å². The van der Waals surface area contributed by atoms with E-state index in [0.29, 0.717) is 13.1 Å². The number of benzene rings is 1. The van der Waals surface area contributed by atoms with E-state index in [1.807, 2.05) is 19.9 Å². The number of amides is 1. The van der Waals surface area contributed by atoms with Gasteiger partial charge in [-0.15, -0.1) is 0 Å². The lowest BCUT2D eigenvalue weighted by Gasteiger charge is -2.35. The van der Waals surface area contributed by atoms with Crippen molar-refractivity contribution in [1.29, 1.82) is 5.26 Å². The first-order chi connectivity index (χ1) is 11.8. The van der Waals surface area contributed by atoms with Crippen LogP contribution >= 0.6 is 11.6 Å². The van der Waals surface area contributed by atoms with Crippen LogP contribution in [0.2, 0.25) is 5.02 Å². The number of ether oxygens (including phenoxy) is 1. The molecule has 9 heteroatoms. The molecule has 0 spiro atoms. The lowest BCUT2D eigenvalue weighted by Crippen LogP contribution is -2.48. The minimum absolute atomic E-state index is 0.119. The Labute approximate surface area is 149 Å². The molecule has 2 unspecified atom stereocenters. The Morgan fingerprint density at radius 2 is 2.12 bits per heavy atom. The third-order valence-corrected chi connectivity index (χ3v) is 3.92. The molecule has 0 aliphatic carbocycles. The van der Waals surface area contributed by atoms with Gasteiger partial charge in [-0.1, -0.05) is 11.6 Å². The van der Waals surface area contributed by atoms with Crippen LogP contribution in [-0.2, 0) is 9.53 Å². The molecule has 2 atom stereocenters. The number of nitro groups is 1. The van der Waals surface area contributed by atoms with E-state index < -0.39 is 10.8 Å². The average Bonchev–Trinajstić information content (AvgIpc) is 2.55. The van der Waals surface area contributed by atoms with Crippen LogP contribution in [-0.4, -0.2) is 41.0 Å². The summed E-state index contributed by atoms with van der Waals surface area (Å²) in [6.07, 6.45) is 0.969. The second kappa shape index (κ2) is 7.96. The van der Waals surface area contributed by atoms with Crippen molar-refractivity contribution in [3.8, 4) is 6.07 Å². The number of halogens is 1. The van der Waals surface area contributed by atoms with Crippen molar-refractivity contribution in [2.45, 2.75) is 26.1 Å². The molecule has 1 heterocycles. The molecule has 8 nitrogen and oxygen atoms in total. The number of carbonyl (C=O) groups excluding carboxylic acids is 1. The molecule has 0 aromatic heterocycles. The number of nitrogens with one attached hydrogen (secondary N) is 1. The van der Waals surface area contributed by atoms with E-state index in [4.69, 9.17) is 16.3 Å². The smallest absolute Gasteiger partial charge is 0.271 e. The van der Waals surface area contributed by atoms with Crippen molar-refractivity contribution in [2.75, 3.05) is 18.4 Å². The van der Waals surface area contributed by atoms with E-state index in [9.17, 15) is 20.2 Å². The highest BCUT2D eigenvalue weighted by atomic mass is 35.5. The molecule has 25 heavy (non-hydrogen) atoms. The van der Waals surface area contributed by atoms with Gasteiger partial charge in [0.2, 0.25) is 0 Å². The highest BCUT2D eigenvalue weighted by molar-refractivity contribution is 6.33. The first-order valence-electron chi connectivity index (χ1n) is 7.57. The van der Waals surface area contributed by atoms with Gasteiger partial charge in [-0.25, -0.2) is 0 Å². The van der Waals surface area contributed by atoms with Crippen LogP contribution in [0, 0.1) is 21.4 Å². The number of nitrogens with zero attached hydrogens (tertiary/aromatic N) is 3. The molecule has 0 radical (unpaired) electrons. The van der Waals surface area contributed by atoms with Crippen molar-refractivity contribution in [2.24, 2.45) is 0 Å². The Morgan fingerprint density at radius 3 is 2.68 bits per heavy atom. The van der Waals surface area contributed by atoms with Gasteiger partial charge in [-0.2, -0.15) is 5.26 Å². The van der Waals surface area contributed by atoms with Crippen molar-refractivity contribution < 1.29 is 14.5 Å². The number of nitriles is 1. The standard InChI is InChI=1S/C16H17ClN4O4/c1-10-8-20(9-11(2)25-10)16(22)12(6-18)7-19-15-5-13(21(23)24)3-4-14(15)17/h3-5,7,10-11,19H,8-9H2,1-2H3/b12-7-. The van der Waals surface area contributed by atoms with E-state index >= 15 is 0 Å². The monoisotopic (exact) mass is 364 g/mol. The number of hydrogen-bond acceptors (Lipinski definition) is 6. The number of rotatable bonds is 4. The SMILES string of the molecule is CC1CN(C(=O)/C(C#N)=C\Nc2cc([N+](=O)[O-])ccc2Cl)CC(C)O1. The molecule has 1 aliphatic heterocycles. The predicted molar refractivity (Wildman–Crippen MR) is 92.0 cm³/mol. The third-order valence-electron chi connectivity index (χ3n) is 3.59. The largest absolute Gasteiger partial charge is 0.372 e. The molecule has 132 valence electrons. The van der Waals surface area contributed by atoms with E-state index in [1.54, 1.807) is 4.90 Å². The summed E-state index contributed by atoms with van der Waals surface area (Å²) in [5.41, 5.74) is -0.0371. The van der Waals surface area contributed by atoms with E-state index in [-0.39, 0.29) is 34.2 Å². The molecule has 1 N–H and O–H groups in total. The van der Waals surface area contributed by atoms with Crippen LogP contribution in [0.4, 0.5) is 11.4 Å². The minimum Gasteiger partial charge on any atom is -0.372 e. The third kappa shape index (κ3) is 4.68. The molecule has 2 rings (SSSR count). The fraction of sp³-hybridized carbons (Fsp3) is 0.375. The van der Waals surface area contributed by atoms with Crippen molar-refractivity contribution >= 4 is 28.9 Å². The second-order valence-corrected chi connectivity index (χ2v) is 6.11. The van der Waals surface area contributed by atoms with Crippen LogP contribution in [0.1, 0.15) is 13.8 Å². The maximum Gasteiger partial charge on any atom is 0.271 e. The molecule has 1 amide bonds. The van der Waals surface area contributed by atoms with Crippen molar-refractivity contribution in [3.63, 3.8) is 0 Å². The van der Waals surface area contributed by atoms with Crippen molar-refractivity contribution in [3.05, 3.63) is 45.1 Å². The lowest BCUT2D eigenvalue weighted by atomic mass is 10.2. The summed E-state index contributed by atoms with van der Waals surface area (Å²) in [7, 11) is 0. The molecule has 1 aliphatic rings. The van der Waals surface area contributed by atoms with Gasteiger partial charge in [0.25, 0.3) is 11.6 Å². The highest BCUT2D eigenvalue weighted by Gasteiger charge is 2.27. The zero-order valence-electron chi connectivity index (χ0n) is 13.7. The summed E-state index contributed by atoms with van der Waals surface area (Å²) >= 11 is 5.98. The molecule has 0 bridgehead atoms. The summed E-state index contributed by atoms with van der Waals surface area (Å²) in [6, 6.07) is 5.72. The van der Waals surface area contributed by atoms with Gasteiger partial charge < -0.3 is 15.0 Å². The first kappa shape index (κ1) is 18.7. The Hall–Kier alpha value is -2.63. The van der Waals surface area contributed by atoms with Crippen molar-refractivity contribution in [1.82, 2.24) is 4.90 Å². The Bertz CT molecular complexity index is 749. The number of non-ortho nitro benzene ring substituents is 1. The van der Waals surface area contributed by atoms with Crippen LogP contribution < -0.4 is 5.32 Å². The van der Waals surface area contributed by atoms with Gasteiger partial charge >= 0.3 is 0 Å². The molecular weight excluding hydrogens is 348 g/mol. The maximum atomic E-state index is 12.5. The van der Waals surface area contributed by atoms with Crippen LogP contribution in [0.25, 0.3) is 0 Å². The molecular formula is C16H17ClN4O4. The maximum absolute atomic E-state index is 12.5. The molecule has 0 saturated carbocycles. The molecule has 1 aromatic carbocycles. The van der Waals surface area contributed by atoms with Crippen LogP contribution in [0.3, 0.4) is 0 Å². The normalized spacial score (nSPS) is 20.7. The zero-order chi connectivity index (χ0) is 18.6. The predicted octanol–water partition coefficient (Wildman–Crippen LogP) is 2.70. The van der Waals surface area contributed by atoms with Gasteiger partial charge in [-0.3, -0.25) is 14.9 Å². The minimum atomic E-state index is -0.557. The molecule has 1 saturated heterocycles. The van der Waals surface area contributed by atoms with Gasteiger partial charge in [-0.05, 0) is 19.9 Å². The molecule has 1 aromatic rings. The van der Waals surface area contributed by atoms with Gasteiger partial charge in [0, 0.05) is 31.4 Å². The summed E-state index contributed by atoms with van der Waals surface area (Å²) < 4.78 is 5.57. The number of nitro benzene ring substituents is 1. The summed E-state index contributed by atoms with van der Waals surface area (Å²) in [6.45, 7) is 4.49. The average molecular weight is 365 g/mol. The summed E-state index contributed by atoms with van der Waals surface area (Å²) in [5, 5.41) is 23.0. The van der Waals surface area contributed by atoms with Crippen LogP contribution in [0.5, 0.6) is 0 Å². The zero-order valence-corrected chi connectivity index (χ0v) is 14.5. The van der Waals surface area contributed by atoms with E-state index in [1.165, 1.54) is 24.4 Å². The van der Waals surface area contributed by atoms with Gasteiger partial charge in [0.05, 0.1) is 27.8 Å². The lowest BCUT2D eigenvalue weighted by molar-refractivity contribution is -0.384. The second-order valence-electron chi connectivity index (χ2n) is 5.70. The first-order valence-corrected chi connectivity index (χ1v) is 7.95. The molecule has 1 fully saturated rings. The fourth-order valence-corrected chi connectivity index (χ4v) is 2.72. The van der Waals surface area contributed by atoms with E-state index in [2.05, 4.69) is 5.32 Å². The Kier molecular flexibility index (Phi) is 5.96. The number of anilines is 1. The fourth-order valence-electron chi connectivity index (χ4n) is 2.54.